The van der Waals surface area contributed by atoms with E-state index in [0.717, 1.165) is 22.6 Å². The largest absolute Gasteiger partial charge is 0.491 e. The van der Waals surface area contributed by atoms with Gasteiger partial charge in [-0.15, -0.1) is 0 Å². The smallest absolute Gasteiger partial charge is 0.256 e. The van der Waals surface area contributed by atoms with Gasteiger partial charge >= 0.3 is 0 Å². The van der Waals surface area contributed by atoms with Crippen LogP contribution in [0.4, 0.5) is 0 Å². The van der Waals surface area contributed by atoms with Crippen LogP contribution in [0.3, 0.4) is 0 Å². The van der Waals surface area contributed by atoms with Gasteiger partial charge in [-0.05, 0) is 32.0 Å². The number of sulfone groups is 1. The Kier molecular flexibility index (Phi) is 5.69. The number of carbonyl (C=O) groups is 1. The van der Waals surface area contributed by atoms with Crippen LogP contribution < -0.4 is 4.74 Å². The highest BCUT2D eigenvalue weighted by Crippen LogP contribution is 2.31. The van der Waals surface area contributed by atoms with Gasteiger partial charge in [0.15, 0.2) is 9.84 Å². The summed E-state index contributed by atoms with van der Waals surface area (Å²) in [5.74, 6) is 0.715. The number of rotatable bonds is 4. The molecular weight excluding hydrogens is 450 g/mol. The van der Waals surface area contributed by atoms with Crippen LogP contribution in [-0.4, -0.2) is 47.6 Å². The van der Waals surface area contributed by atoms with Crippen LogP contribution in [0.15, 0.2) is 65.7 Å². The lowest BCUT2D eigenvalue weighted by molar-refractivity contribution is -0.125. The van der Waals surface area contributed by atoms with Gasteiger partial charge in [-0.25, -0.2) is 13.4 Å². The standard InChI is InChI=1S/C26H25N3O4S/c1-17(2)34(31,32)20-9-7-18(8-10-20)23-15-27-22-12-11-21(25(22)28-23)26(30)29-13-14-33-24-6-4-3-5-19(24)16-29/h3-11,15,17H,12-14,16H2,1-2H3. The van der Waals surface area contributed by atoms with Crippen LogP contribution in [0.2, 0.25) is 0 Å². The van der Waals surface area contributed by atoms with Gasteiger partial charge in [0.25, 0.3) is 5.91 Å². The van der Waals surface area contributed by atoms with Crippen LogP contribution in [0.5, 0.6) is 5.75 Å². The van der Waals surface area contributed by atoms with Gasteiger partial charge in [0, 0.05) is 24.1 Å². The topological polar surface area (TPSA) is 89.5 Å². The molecule has 1 aliphatic carbocycles. The lowest BCUT2D eigenvalue weighted by Gasteiger charge is -2.20. The van der Waals surface area contributed by atoms with Crippen molar-refractivity contribution in [3.05, 3.63) is 77.8 Å². The van der Waals surface area contributed by atoms with E-state index in [4.69, 9.17) is 9.72 Å². The molecule has 0 radical (unpaired) electrons. The maximum absolute atomic E-state index is 13.5. The molecule has 7 nitrogen and oxygen atoms in total. The predicted molar refractivity (Wildman–Crippen MR) is 129 cm³/mol. The molecule has 2 aliphatic rings. The third-order valence-electron chi connectivity index (χ3n) is 6.17. The van der Waals surface area contributed by atoms with E-state index < -0.39 is 15.1 Å². The molecule has 8 heteroatoms. The fourth-order valence-corrected chi connectivity index (χ4v) is 5.22. The van der Waals surface area contributed by atoms with Crippen LogP contribution in [0, 0.1) is 0 Å². The average molecular weight is 476 g/mol. The lowest BCUT2D eigenvalue weighted by atomic mass is 10.1. The molecule has 34 heavy (non-hydrogen) atoms. The second kappa shape index (κ2) is 8.68. The predicted octanol–water partition coefficient (Wildman–Crippen LogP) is 3.69. The highest BCUT2D eigenvalue weighted by atomic mass is 32.2. The molecule has 0 fully saturated rings. The molecule has 1 amide bonds. The Bertz CT molecular complexity index is 1400. The monoisotopic (exact) mass is 475 g/mol. The van der Waals surface area contributed by atoms with E-state index in [-0.39, 0.29) is 10.8 Å². The van der Waals surface area contributed by atoms with Crippen molar-refractivity contribution in [1.29, 1.82) is 0 Å². The van der Waals surface area contributed by atoms with E-state index in [1.165, 1.54) is 0 Å². The first-order valence-corrected chi connectivity index (χ1v) is 12.8. The zero-order chi connectivity index (χ0) is 23.9. The molecule has 2 aromatic carbocycles. The number of carbonyl (C=O) groups excluding carboxylic acids is 1. The first kappa shape index (κ1) is 22.3. The van der Waals surface area contributed by atoms with Crippen LogP contribution in [0.25, 0.3) is 16.8 Å². The number of hydrogen-bond donors (Lipinski definition) is 0. The van der Waals surface area contributed by atoms with Crippen LogP contribution in [-0.2, 0) is 27.6 Å². The fraction of sp³-hybridized carbons (Fsp3) is 0.269. The summed E-state index contributed by atoms with van der Waals surface area (Å²) in [6.07, 6.45) is 4.10. The van der Waals surface area contributed by atoms with Gasteiger partial charge < -0.3 is 9.64 Å². The molecular formula is C26H25N3O4S. The van der Waals surface area contributed by atoms with Gasteiger partial charge in [0.1, 0.15) is 12.4 Å². The maximum atomic E-state index is 13.5. The SMILES string of the molecule is CC(C)S(=O)(=O)c1ccc(-c2cnc3c(n2)C(C(=O)N2CCOc4ccccc4C2)=CC3)cc1. The summed E-state index contributed by atoms with van der Waals surface area (Å²) in [7, 11) is -3.35. The first-order valence-electron chi connectivity index (χ1n) is 11.3. The summed E-state index contributed by atoms with van der Waals surface area (Å²) in [5.41, 5.74) is 4.20. The molecule has 0 saturated heterocycles. The van der Waals surface area contributed by atoms with E-state index in [1.54, 1.807) is 49.2 Å². The van der Waals surface area contributed by atoms with Crippen molar-refractivity contribution in [2.24, 2.45) is 0 Å². The van der Waals surface area contributed by atoms with Crippen molar-refractivity contribution >= 4 is 21.3 Å². The molecule has 174 valence electrons. The van der Waals surface area contributed by atoms with E-state index in [2.05, 4.69) is 4.98 Å². The van der Waals surface area contributed by atoms with Crippen molar-refractivity contribution in [3.63, 3.8) is 0 Å². The summed E-state index contributed by atoms with van der Waals surface area (Å²) >= 11 is 0. The van der Waals surface area contributed by atoms with Crippen LogP contribution >= 0.6 is 0 Å². The Morgan fingerprint density at radius 3 is 2.62 bits per heavy atom. The number of aromatic nitrogens is 2. The minimum atomic E-state index is -3.35. The molecule has 0 atom stereocenters. The number of amides is 1. The van der Waals surface area contributed by atoms with Gasteiger partial charge in [0.2, 0.25) is 0 Å². The number of allylic oxidation sites excluding steroid dienone is 1. The molecule has 2 heterocycles. The summed E-state index contributed by atoms with van der Waals surface area (Å²) < 4.78 is 30.6. The highest BCUT2D eigenvalue weighted by molar-refractivity contribution is 7.92. The summed E-state index contributed by atoms with van der Waals surface area (Å²) in [6, 6.07) is 14.4. The summed E-state index contributed by atoms with van der Waals surface area (Å²) in [4.78, 5) is 24.8. The van der Waals surface area contributed by atoms with Crippen molar-refractivity contribution in [3.8, 4) is 17.0 Å². The van der Waals surface area contributed by atoms with Crippen molar-refractivity contribution in [2.75, 3.05) is 13.2 Å². The Labute approximate surface area is 199 Å². The molecule has 0 unspecified atom stereocenters. The third kappa shape index (κ3) is 3.98. The number of para-hydroxylation sites is 1. The first-order chi connectivity index (χ1) is 16.3. The Balaban J connectivity index is 1.41. The Morgan fingerprint density at radius 2 is 1.85 bits per heavy atom. The molecule has 0 spiro atoms. The third-order valence-corrected chi connectivity index (χ3v) is 8.34. The van der Waals surface area contributed by atoms with E-state index in [9.17, 15) is 13.2 Å². The minimum Gasteiger partial charge on any atom is -0.491 e. The Morgan fingerprint density at radius 1 is 1.09 bits per heavy atom. The van der Waals surface area contributed by atoms with Gasteiger partial charge in [-0.2, -0.15) is 0 Å². The summed E-state index contributed by atoms with van der Waals surface area (Å²) in [5, 5.41) is -0.492. The molecule has 0 saturated carbocycles. The fourth-order valence-electron chi connectivity index (χ4n) is 4.16. The number of hydrogen-bond acceptors (Lipinski definition) is 6. The van der Waals surface area contributed by atoms with E-state index >= 15 is 0 Å². The zero-order valence-electron chi connectivity index (χ0n) is 19.1. The molecule has 0 bridgehead atoms. The van der Waals surface area contributed by atoms with Gasteiger partial charge in [-0.1, -0.05) is 36.4 Å². The Hall–Kier alpha value is -3.52. The van der Waals surface area contributed by atoms with E-state index in [0.29, 0.717) is 43.1 Å². The number of nitrogens with zero attached hydrogens (tertiary/aromatic N) is 3. The second-order valence-electron chi connectivity index (χ2n) is 8.67. The number of benzene rings is 2. The van der Waals surface area contributed by atoms with Crippen molar-refractivity contribution < 1.29 is 17.9 Å². The molecule has 0 N–H and O–H groups in total. The molecule has 3 aromatic rings. The van der Waals surface area contributed by atoms with E-state index in [1.807, 2.05) is 30.3 Å². The van der Waals surface area contributed by atoms with Crippen LogP contribution in [0.1, 0.15) is 30.8 Å². The number of fused-ring (bicyclic) bond motifs is 2. The molecule has 1 aliphatic heterocycles. The van der Waals surface area contributed by atoms with Crippen molar-refractivity contribution in [1.82, 2.24) is 14.9 Å². The molecule has 1 aromatic heterocycles. The molecule has 5 rings (SSSR count). The normalized spacial score (nSPS) is 15.3. The average Bonchev–Trinajstić information content (AvgIpc) is 3.14. The summed E-state index contributed by atoms with van der Waals surface area (Å²) in [6.45, 7) is 4.71. The minimum absolute atomic E-state index is 0.0936. The van der Waals surface area contributed by atoms with Gasteiger partial charge in [0.05, 0.1) is 45.5 Å². The second-order valence-corrected chi connectivity index (χ2v) is 11.2. The number of ether oxygens (including phenoxy) is 1. The zero-order valence-corrected chi connectivity index (χ0v) is 19.9. The van der Waals surface area contributed by atoms with Crippen molar-refractivity contribution in [2.45, 2.75) is 37.0 Å². The highest BCUT2D eigenvalue weighted by Gasteiger charge is 2.29. The lowest BCUT2D eigenvalue weighted by Crippen LogP contribution is -2.33. The quantitative estimate of drug-likeness (QED) is 0.572. The van der Waals surface area contributed by atoms with Gasteiger partial charge in [-0.3, -0.25) is 9.78 Å². The maximum Gasteiger partial charge on any atom is 0.256 e.